The Labute approximate surface area is 104 Å². The number of hydrogen-bond acceptors (Lipinski definition) is 6. The highest BCUT2D eigenvalue weighted by molar-refractivity contribution is 5.72. The molecule has 1 saturated heterocycles. The second-order valence-electron chi connectivity index (χ2n) is 4.48. The predicted octanol–water partition coefficient (Wildman–Crippen LogP) is 0.490. The number of anilines is 1. The fourth-order valence-electron chi connectivity index (χ4n) is 2.11. The van der Waals surface area contributed by atoms with Gasteiger partial charge in [-0.2, -0.15) is 5.26 Å². The van der Waals surface area contributed by atoms with E-state index in [2.05, 4.69) is 15.0 Å². The summed E-state index contributed by atoms with van der Waals surface area (Å²) in [6, 6.07) is 5.70. The minimum Gasteiger partial charge on any atom is -0.385 e. The fraction of sp³-hybridized carbons (Fsp3) is 0.333. The largest absolute Gasteiger partial charge is 0.385 e. The third kappa shape index (κ3) is 1.75. The van der Waals surface area contributed by atoms with Crippen LogP contribution in [0.15, 0.2) is 24.5 Å². The minimum atomic E-state index is -0.895. The quantitative estimate of drug-likeness (QED) is 0.823. The smallest absolute Gasteiger partial charge is 0.180 e. The van der Waals surface area contributed by atoms with E-state index in [1.54, 1.807) is 12.4 Å². The van der Waals surface area contributed by atoms with E-state index in [1.165, 1.54) is 0 Å². The molecule has 2 aromatic heterocycles. The number of fused-ring (bicyclic) bond motifs is 1. The van der Waals surface area contributed by atoms with E-state index in [0.29, 0.717) is 18.7 Å². The molecule has 0 aromatic carbocycles. The summed E-state index contributed by atoms with van der Waals surface area (Å²) < 4.78 is 0. The van der Waals surface area contributed by atoms with Gasteiger partial charge in [0.05, 0.1) is 25.6 Å². The molecule has 6 heteroatoms. The van der Waals surface area contributed by atoms with Crippen molar-refractivity contribution in [3.05, 3.63) is 24.5 Å². The van der Waals surface area contributed by atoms with Crippen LogP contribution in [0.5, 0.6) is 0 Å². The van der Waals surface area contributed by atoms with Gasteiger partial charge in [-0.25, -0.2) is 9.97 Å². The summed E-state index contributed by atoms with van der Waals surface area (Å²) in [7, 11) is 0. The van der Waals surface area contributed by atoms with Gasteiger partial charge in [0.25, 0.3) is 0 Å². The average molecular weight is 241 g/mol. The molecular weight excluding hydrogens is 230 g/mol. The first-order chi connectivity index (χ1) is 8.70. The molecule has 18 heavy (non-hydrogen) atoms. The summed E-state index contributed by atoms with van der Waals surface area (Å²) in [6.07, 6.45) is 3.37. The van der Waals surface area contributed by atoms with E-state index in [9.17, 15) is 5.11 Å². The maximum Gasteiger partial charge on any atom is 0.180 e. The second-order valence-corrected chi connectivity index (χ2v) is 4.48. The molecule has 1 aliphatic rings. The zero-order valence-corrected chi connectivity index (χ0v) is 9.61. The zero-order chi connectivity index (χ0) is 12.6. The van der Waals surface area contributed by atoms with Crippen LogP contribution in [0.3, 0.4) is 0 Å². The van der Waals surface area contributed by atoms with Crippen LogP contribution in [0, 0.1) is 11.3 Å². The highest BCUT2D eigenvalue weighted by Crippen LogP contribution is 2.29. The molecule has 0 radical (unpaired) electrons. The van der Waals surface area contributed by atoms with Crippen LogP contribution in [0.4, 0.5) is 5.82 Å². The normalized spacial score (nSPS) is 17.2. The van der Waals surface area contributed by atoms with Crippen LogP contribution in [0.25, 0.3) is 11.2 Å². The lowest BCUT2D eigenvalue weighted by Crippen LogP contribution is -2.62. The van der Waals surface area contributed by atoms with Crippen LogP contribution in [-0.4, -0.2) is 38.7 Å². The van der Waals surface area contributed by atoms with Crippen LogP contribution >= 0.6 is 0 Å². The first kappa shape index (κ1) is 10.9. The molecule has 0 aliphatic carbocycles. The molecule has 3 rings (SSSR count). The number of nitriles is 1. The van der Waals surface area contributed by atoms with E-state index < -0.39 is 5.60 Å². The standard InChI is InChI=1S/C12H11N5O/c13-4-3-12(18)7-17(8-12)10-2-1-9-11(16-10)15-6-5-14-9/h1-2,5-6,18H,3,7-8H2. The molecule has 3 heterocycles. The minimum absolute atomic E-state index is 0.150. The van der Waals surface area contributed by atoms with Crippen molar-refractivity contribution in [3.63, 3.8) is 0 Å². The lowest BCUT2D eigenvalue weighted by Gasteiger charge is -2.45. The zero-order valence-electron chi connectivity index (χ0n) is 9.61. The van der Waals surface area contributed by atoms with Gasteiger partial charge in [-0.05, 0) is 12.1 Å². The Balaban J connectivity index is 1.83. The van der Waals surface area contributed by atoms with Gasteiger partial charge < -0.3 is 10.0 Å². The van der Waals surface area contributed by atoms with Gasteiger partial charge in [0.2, 0.25) is 0 Å². The van der Waals surface area contributed by atoms with Crippen molar-refractivity contribution in [1.82, 2.24) is 15.0 Å². The van der Waals surface area contributed by atoms with Gasteiger partial charge in [-0.3, -0.25) is 4.98 Å². The van der Waals surface area contributed by atoms with E-state index in [-0.39, 0.29) is 6.42 Å². The Hall–Kier alpha value is -2.26. The van der Waals surface area contributed by atoms with Crippen LogP contribution in [-0.2, 0) is 0 Å². The lowest BCUT2D eigenvalue weighted by molar-refractivity contribution is 0.0162. The number of aliphatic hydroxyl groups is 1. The first-order valence-corrected chi connectivity index (χ1v) is 5.62. The molecule has 0 bridgehead atoms. The summed E-state index contributed by atoms with van der Waals surface area (Å²) in [4.78, 5) is 14.6. The Morgan fingerprint density at radius 3 is 2.89 bits per heavy atom. The van der Waals surface area contributed by atoms with Gasteiger partial charge in [0.15, 0.2) is 5.65 Å². The van der Waals surface area contributed by atoms with Crippen LogP contribution in [0.1, 0.15) is 6.42 Å². The Morgan fingerprint density at radius 1 is 1.33 bits per heavy atom. The molecule has 1 N–H and O–H groups in total. The molecule has 0 saturated carbocycles. The summed E-state index contributed by atoms with van der Waals surface area (Å²) in [5, 5.41) is 18.5. The molecule has 90 valence electrons. The summed E-state index contributed by atoms with van der Waals surface area (Å²) in [5.74, 6) is 0.755. The maximum absolute atomic E-state index is 9.94. The van der Waals surface area contributed by atoms with Crippen molar-refractivity contribution in [2.45, 2.75) is 12.0 Å². The van der Waals surface area contributed by atoms with E-state index in [0.717, 1.165) is 11.3 Å². The lowest BCUT2D eigenvalue weighted by atomic mass is 9.91. The predicted molar refractivity (Wildman–Crippen MR) is 64.7 cm³/mol. The Kier molecular flexibility index (Phi) is 2.35. The monoisotopic (exact) mass is 241 g/mol. The molecule has 0 atom stereocenters. The molecule has 0 spiro atoms. The highest BCUT2D eigenvalue weighted by atomic mass is 16.3. The third-order valence-corrected chi connectivity index (χ3v) is 3.02. The first-order valence-electron chi connectivity index (χ1n) is 5.62. The molecule has 0 amide bonds. The maximum atomic E-state index is 9.94. The molecule has 1 aliphatic heterocycles. The number of nitrogens with zero attached hydrogens (tertiary/aromatic N) is 5. The summed E-state index contributed by atoms with van der Waals surface area (Å²) in [6.45, 7) is 0.860. The number of aromatic nitrogens is 3. The summed E-state index contributed by atoms with van der Waals surface area (Å²) >= 11 is 0. The number of rotatable bonds is 2. The topological polar surface area (TPSA) is 85.9 Å². The van der Waals surface area contributed by atoms with Crippen LogP contribution in [0.2, 0.25) is 0 Å². The van der Waals surface area contributed by atoms with Crippen molar-refractivity contribution in [3.8, 4) is 6.07 Å². The van der Waals surface area contributed by atoms with Gasteiger partial charge in [-0.15, -0.1) is 0 Å². The molecule has 6 nitrogen and oxygen atoms in total. The van der Waals surface area contributed by atoms with E-state index in [4.69, 9.17) is 5.26 Å². The van der Waals surface area contributed by atoms with Crippen molar-refractivity contribution >= 4 is 17.0 Å². The number of β-amino-alcohol motifs (C(OH)–C–C–N with tert-alkyl or cyclic N) is 1. The number of pyridine rings is 1. The van der Waals surface area contributed by atoms with Crippen molar-refractivity contribution < 1.29 is 5.11 Å². The second kappa shape index (κ2) is 3.89. The van der Waals surface area contributed by atoms with Gasteiger partial charge in [-0.1, -0.05) is 0 Å². The van der Waals surface area contributed by atoms with E-state index >= 15 is 0 Å². The molecule has 1 fully saturated rings. The van der Waals surface area contributed by atoms with Gasteiger partial charge >= 0.3 is 0 Å². The summed E-state index contributed by atoms with van der Waals surface area (Å²) in [5.41, 5.74) is 0.438. The highest BCUT2D eigenvalue weighted by Gasteiger charge is 2.41. The van der Waals surface area contributed by atoms with Gasteiger partial charge in [0, 0.05) is 12.4 Å². The Morgan fingerprint density at radius 2 is 2.11 bits per heavy atom. The van der Waals surface area contributed by atoms with Crippen molar-refractivity contribution in [2.24, 2.45) is 0 Å². The molecule has 0 unspecified atom stereocenters. The van der Waals surface area contributed by atoms with E-state index in [1.807, 2.05) is 23.1 Å². The van der Waals surface area contributed by atoms with Crippen LogP contribution < -0.4 is 4.90 Å². The van der Waals surface area contributed by atoms with Crippen molar-refractivity contribution in [1.29, 1.82) is 5.26 Å². The number of hydrogen-bond donors (Lipinski definition) is 1. The SMILES string of the molecule is N#CCC1(O)CN(c2ccc3nccnc3n2)C1. The third-order valence-electron chi connectivity index (χ3n) is 3.02. The Bertz CT molecular complexity index is 630. The van der Waals surface area contributed by atoms with Gasteiger partial charge in [0.1, 0.15) is 16.9 Å². The molecular formula is C12H11N5O. The molecule has 2 aromatic rings. The fourth-order valence-corrected chi connectivity index (χ4v) is 2.11. The van der Waals surface area contributed by atoms with Crippen molar-refractivity contribution in [2.75, 3.05) is 18.0 Å². The average Bonchev–Trinajstić information content (AvgIpc) is 2.35.